The van der Waals surface area contributed by atoms with E-state index >= 15 is 0 Å². The molecular formula is C14H27N3S. The first-order valence-electron chi connectivity index (χ1n) is 6.67. The lowest BCUT2D eigenvalue weighted by Gasteiger charge is -2.26. The molecule has 0 aliphatic carbocycles. The van der Waals surface area contributed by atoms with E-state index in [2.05, 4.69) is 44.9 Å². The summed E-state index contributed by atoms with van der Waals surface area (Å²) < 4.78 is 0. The summed E-state index contributed by atoms with van der Waals surface area (Å²) in [6.45, 7) is 12.8. The average molecular weight is 269 g/mol. The van der Waals surface area contributed by atoms with Gasteiger partial charge in [-0.25, -0.2) is 4.98 Å². The van der Waals surface area contributed by atoms with Gasteiger partial charge in [0.1, 0.15) is 5.01 Å². The largest absolute Gasteiger partial charge is 0.330 e. The summed E-state index contributed by atoms with van der Waals surface area (Å²) in [5.41, 5.74) is 6.20. The van der Waals surface area contributed by atoms with Gasteiger partial charge in [-0.3, -0.25) is 0 Å². The lowest BCUT2D eigenvalue weighted by Crippen LogP contribution is -2.32. The van der Waals surface area contributed by atoms with E-state index in [1.165, 1.54) is 9.88 Å². The zero-order chi connectivity index (χ0) is 13.8. The van der Waals surface area contributed by atoms with Crippen molar-refractivity contribution in [2.45, 2.75) is 47.1 Å². The fraction of sp³-hybridized carbons (Fsp3) is 0.786. The molecule has 0 spiro atoms. The molecule has 1 aromatic rings. The Kier molecular flexibility index (Phi) is 5.76. The van der Waals surface area contributed by atoms with Crippen molar-refractivity contribution in [3.8, 4) is 0 Å². The summed E-state index contributed by atoms with van der Waals surface area (Å²) in [6, 6.07) is 0.317. The molecule has 2 atom stereocenters. The Morgan fingerprint density at radius 1 is 1.44 bits per heavy atom. The van der Waals surface area contributed by atoms with Crippen LogP contribution < -0.4 is 11.1 Å². The van der Waals surface area contributed by atoms with Gasteiger partial charge in [0.05, 0.1) is 6.04 Å². The molecule has 3 N–H and O–H groups in total. The molecule has 3 nitrogen and oxygen atoms in total. The summed E-state index contributed by atoms with van der Waals surface area (Å²) in [7, 11) is 0. The van der Waals surface area contributed by atoms with E-state index in [0.29, 0.717) is 17.4 Å². The first-order valence-corrected chi connectivity index (χ1v) is 7.49. The van der Waals surface area contributed by atoms with Gasteiger partial charge in [0, 0.05) is 11.1 Å². The van der Waals surface area contributed by atoms with Crippen LogP contribution in [0, 0.1) is 18.3 Å². The van der Waals surface area contributed by atoms with Gasteiger partial charge in [0.15, 0.2) is 0 Å². The van der Waals surface area contributed by atoms with Crippen molar-refractivity contribution in [3.05, 3.63) is 16.1 Å². The topological polar surface area (TPSA) is 50.9 Å². The van der Waals surface area contributed by atoms with Crippen molar-refractivity contribution in [2.24, 2.45) is 17.1 Å². The van der Waals surface area contributed by atoms with Gasteiger partial charge in [-0.15, -0.1) is 11.3 Å². The summed E-state index contributed by atoms with van der Waals surface area (Å²) in [5, 5.41) is 4.72. The summed E-state index contributed by atoms with van der Waals surface area (Å²) in [6.07, 6.45) is 3.09. The van der Waals surface area contributed by atoms with Gasteiger partial charge in [-0.2, -0.15) is 0 Å². The maximum Gasteiger partial charge on any atom is 0.109 e. The second kappa shape index (κ2) is 6.64. The molecule has 104 valence electrons. The zero-order valence-electron chi connectivity index (χ0n) is 12.3. The van der Waals surface area contributed by atoms with Crippen molar-refractivity contribution in [3.63, 3.8) is 0 Å². The highest BCUT2D eigenvalue weighted by Gasteiger charge is 2.18. The third kappa shape index (κ3) is 5.46. The van der Waals surface area contributed by atoms with Crippen LogP contribution in [0.3, 0.4) is 0 Å². The molecule has 1 aromatic heterocycles. The van der Waals surface area contributed by atoms with Crippen LogP contribution >= 0.6 is 11.3 Å². The zero-order valence-corrected chi connectivity index (χ0v) is 13.1. The normalized spacial score (nSPS) is 15.7. The molecule has 0 aliphatic rings. The van der Waals surface area contributed by atoms with E-state index in [0.717, 1.165) is 19.5 Å². The molecule has 0 fully saturated rings. The smallest absolute Gasteiger partial charge is 0.109 e. The molecule has 2 unspecified atom stereocenters. The fourth-order valence-corrected chi connectivity index (χ4v) is 2.91. The predicted octanol–water partition coefficient (Wildman–Crippen LogP) is 3.11. The van der Waals surface area contributed by atoms with Gasteiger partial charge in [-0.1, -0.05) is 20.8 Å². The first-order chi connectivity index (χ1) is 8.31. The third-order valence-corrected chi connectivity index (χ3v) is 4.05. The monoisotopic (exact) mass is 269 g/mol. The maximum absolute atomic E-state index is 5.86. The lowest BCUT2D eigenvalue weighted by molar-refractivity contribution is 0.284. The highest BCUT2D eigenvalue weighted by atomic mass is 32.1. The Morgan fingerprint density at radius 3 is 2.56 bits per heavy atom. The Hall–Kier alpha value is -0.450. The Bertz CT molecular complexity index is 354. The molecule has 0 saturated carbocycles. The SMILES string of the molecule is Cc1cnc(C(C)NCC(CN)CC(C)(C)C)s1. The number of hydrogen-bond donors (Lipinski definition) is 2. The minimum atomic E-state index is 0.317. The average Bonchev–Trinajstić information content (AvgIpc) is 2.69. The fourth-order valence-electron chi connectivity index (χ4n) is 2.11. The molecule has 0 aromatic carbocycles. The van der Waals surface area contributed by atoms with Crippen LogP contribution in [0.2, 0.25) is 0 Å². The summed E-state index contributed by atoms with van der Waals surface area (Å²) in [5.74, 6) is 0.536. The van der Waals surface area contributed by atoms with Gasteiger partial charge in [0.2, 0.25) is 0 Å². The summed E-state index contributed by atoms with van der Waals surface area (Å²) >= 11 is 1.76. The molecule has 0 aliphatic heterocycles. The van der Waals surface area contributed by atoms with Crippen molar-refractivity contribution in [1.82, 2.24) is 10.3 Å². The standard InChI is InChI=1S/C14H27N3S/c1-10-8-17-13(18-10)11(2)16-9-12(7-15)6-14(3,4)5/h8,11-12,16H,6-7,9,15H2,1-5H3. The van der Waals surface area contributed by atoms with Crippen LogP contribution in [-0.4, -0.2) is 18.1 Å². The van der Waals surface area contributed by atoms with Crippen molar-refractivity contribution in [2.75, 3.05) is 13.1 Å². The number of thiazole rings is 1. The molecule has 0 saturated heterocycles. The minimum Gasteiger partial charge on any atom is -0.330 e. The number of hydrogen-bond acceptors (Lipinski definition) is 4. The maximum atomic E-state index is 5.86. The van der Waals surface area contributed by atoms with E-state index in [4.69, 9.17) is 5.73 Å². The molecular weight excluding hydrogens is 242 g/mol. The van der Waals surface area contributed by atoms with Gasteiger partial charge < -0.3 is 11.1 Å². The van der Waals surface area contributed by atoms with Crippen LogP contribution in [0.5, 0.6) is 0 Å². The van der Waals surface area contributed by atoms with E-state index in [-0.39, 0.29) is 0 Å². The Balaban J connectivity index is 2.43. The van der Waals surface area contributed by atoms with E-state index in [1.807, 2.05) is 6.20 Å². The molecule has 0 radical (unpaired) electrons. The highest BCUT2D eigenvalue weighted by molar-refractivity contribution is 7.11. The Labute approximate surface area is 115 Å². The number of nitrogens with two attached hydrogens (primary N) is 1. The van der Waals surface area contributed by atoms with Crippen LogP contribution in [-0.2, 0) is 0 Å². The van der Waals surface area contributed by atoms with Crippen LogP contribution in [0.4, 0.5) is 0 Å². The van der Waals surface area contributed by atoms with Crippen LogP contribution in [0.25, 0.3) is 0 Å². The van der Waals surface area contributed by atoms with E-state index in [9.17, 15) is 0 Å². The minimum absolute atomic E-state index is 0.317. The van der Waals surface area contributed by atoms with Crippen molar-refractivity contribution < 1.29 is 0 Å². The van der Waals surface area contributed by atoms with Gasteiger partial charge in [0.25, 0.3) is 0 Å². The molecule has 0 bridgehead atoms. The Morgan fingerprint density at radius 2 is 2.11 bits per heavy atom. The van der Waals surface area contributed by atoms with Crippen molar-refractivity contribution >= 4 is 11.3 Å². The molecule has 18 heavy (non-hydrogen) atoms. The van der Waals surface area contributed by atoms with E-state index in [1.54, 1.807) is 11.3 Å². The second-order valence-electron chi connectivity index (χ2n) is 6.31. The summed E-state index contributed by atoms with van der Waals surface area (Å²) in [4.78, 5) is 5.69. The van der Waals surface area contributed by atoms with Gasteiger partial charge in [-0.05, 0) is 44.7 Å². The van der Waals surface area contributed by atoms with Gasteiger partial charge >= 0.3 is 0 Å². The van der Waals surface area contributed by atoms with Crippen molar-refractivity contribution in [1.29, 1.82) is 0 Å². The molecule has 1 rings (SSSR count). The predicted molar refractivity (Wildman–Crippen MR) is 79.9 cm³/mol. The second-order valence-corrected chi connectivity index (χ2v) is 7.57. The lowest BCUT2D eigenvalue weighted by atomic mass is 9.84. The van der Waals surface area contributed by atoms with Crippen LogP contribution in [0.15, 0.2) is 6.20 Å². The molecule has 0 amide bonds. The number of aromatic nitrogens is 1. The number of aryl methyl sites for hydroxylation is 1. The number of rotatable bonds is 6. The number of nitrogens with zero attached hydrogens (tertiary/aromatic N) is 1. The van der Waals surface area contributed by atoms with E-state index < -0.39 is 0 Å². The first kappa shape index (κ1) is 15.6. The van der Waals surface area contributed by atoms with Crippen LogP contribution in [0.1, 0.15) is 50.0 Å². The molecule has 4 heteroatoms. The quantitative estimate of drug-likeness (QED) is 0.834. The molecule has 1 heterocycles. The number of nitrogens with one attached hydrogen (secondary N) is 1. The third-order valence-electron chi connectivity index (χ3n) is 2.96. The highest BCUT2D eigenvalue weighted by Crippen LogP contribution is 2.24.